The molecule has 1 N–H and O–H groups in total. The van der Waals surface area contributed by atoms with Gasteiger partial charge in [-0.3, -0.25) is 9.59 Å². The van der Waals surface area contributed by atoms with Gasteiger partial charge in [0.05, 0.1) is 7.11 Å². The Morgan fingerprint density at radius 2 is 2.21 bits per heavy atom. The van der Waals surface area contributed by atoms with E-state index in [4.69, 9.17) is 0 Å². The standard InChI is InChI=1S/C12H19N3O4/c1-5-13-14-10(17)12(3)6-7-15(11(12)18)8(2)9(16)19-4/h5,8H,6-7H2,1-4H3,(H,14,17)/b13-5+/t8-,12?/m1/s1. The van der Waals surface area contributed by atoms with Gasteiger partial charge in [-0.05, 0) is 27.2 Å². The van der Waals surface area contributed by atoms with Gasteiger partial charge < -0.3 is 9.64 Å². The van der Waals surface area contributed by atoms with E-state index in [1.807, 2.05) is 0 Å². The highest BCUT2D eigenvalue weighted by atomic mass is 16.5. The molecule has 1 unspecified atom stereocenters. The van der Waals surface area contributed by atoms with Crippen molar-refractivity contribution in [3.63, 3.8) is 0 Å². The maximum absolute atomic E-state index is 12.3. The average molecular weight is 269 g/mol. The van der Waals surface area contributed by atoms with Crippen molar-refractivity contribution in [2.75, 3.05) is 13.7 Å². The number of rotatable bonds is 4. The first-order valence-electron chi connectivity index (χ1n) is 6.05. The van der Waals surface area contributed by atoms with Crippen LogP contribution in [0.25, 0.3) is 0 Å². The predicted molar refractivity (Wildman–Crippen MR) is 68.2 cm³/mol. The minimum Gasteiger partial charge on any atom is -0.467 e. The van der Waals surface area contributed by atoms with Gasteiger partial charge in [-0.1, -0.05) is 0 Å². The second-order valence-electron chi connectivity index (χ2n) is 4.61. The number of hydrazone groups is 1. The molecule has 0 aliphatic carbocycles. The fourth-order valence-corrected chi connectivity index (χ4v) is 1.99. The Morgan fingerprint density at radius 3 is 2.74 bits per heavy atom. The third-order valence-corrected chi connectivity index (χ3v) is 3.39. The van der Waals surface area contributed by atoms with Gasteiger partial charge in [0.2, 0.25) is 5.91 Å². The Kier molecular flexibility index (Phi) is 4.63. The fourth-order valence-electron chi connectivity index (χ4n) is 1.99. The summed E-state index contributed by atoms with van der Waals surface area (Å²) in [6.45, 7) is 5.14. The Labute approximate surface area is 112 Å². The van der Waals surface area contributed by atoms with E-state index in [0.717, 1.165) is 0 Å². The molecule has 0 aromatic rings. The van der Waals surface area contributed by atoms with E-state index in [1.165, 1.54) is 18.2 Å². The molecule has 1 rings (SSSR count). The monoisotopic (exact) mass is 269 g/mol. The Morgan fingerprint density at radius 1 is 1.58 bits per heavy atom. The van der Waals surface area contributed by atoms with Gasteiger partial charge in [0.25, 0.3) is 5.91 Å². The maximum Gasteiger partial charge on any atom is 0.328 e. The molecule has 0 aromatic heterocycles. The number of hydrogen-bond donors (Lipinski definition) is 1. The van der Waals surface area contributed by atoms with Crippen LogP contribution in [0.5, 0.6) is 0 Å². The molecule has 1 fully saturated rings. The summed E-state index contributed by atoms with van der Waals surface area (Å²) in [4.78, 5) is 37.1. The number of ether oxygens (including phenoxy) is 1. The molecule has 1 saturated heterocycles. The van der Waals surface area contributed by atoms with Crippen molar-refractivity contribution in [3.8, 4) is 0 Å². The van der Waals surface area contributed by atoms with Gasteiger partial charge in [0, 0.05) is 12.8 Å². The first-order chi connectivity index (χ1) is 8.88. The zero-order chi connectivity index (χ0) is 14.6. The smallest absolute Gasteiger partial charge is 0.328 e. The van der Waals surface area contributed by atoms with Crippen molar-refractivity contribution in [2.45, 2.75) is 33.2 Å². The number of nitrogens with zero attached hydrogens (tertiary/aromatic N) is 2. The number of methoxy groups -OCH3 is 1. The van der Waals surface area contributed by atoms with Gasteiger partial charge in [-0.15, -0.1) is 0 Å². The van der Waals surface area contributed by atoms with E-state index in [2.05, 4.69) is 15.3 Å². The lowest BCUT2D eigenvalue weighted by Gasteiger charge is -2.25. The van der Waals surface area contributed by atoms with E-state index >= 15 is 0 Å². The summed E-state index contributed by atoms with van der Waals surface area (Å²) < 4.78 is 4.61. The van der Waals surface area contributed by atoms with E-state index in [-0.39, 0.29) is 5.91 Å². The van der Waals surface area contributed by atoms with Crippen molar-refractivity contribution in [1.29, 1.82) is 0 Å². The second-order valence-corrected chi connectivity index (χ2v) is 4.61. The zero-order valence-corrected chi connectivity index (χ0v) is 11.6. The Hall–Kier alpha value is -1.92. The highest BCUT2D eigenvalue weighted by Gasteiger charge is 2.50. The van der Waals surface area contributed by atoms with Gasteiger partial charge in [-0.2, -0.15) is 5.10 Å². The lowest BCUT2D eigenvalue weighted by atomic mass is 9.88. The van der Waals surface area contributed by atoms with Crippen LogP contribution in [0.15, 0.2) is 5.10 Å². The van der Waals surface area contributed by atoms with Crippen LogP contribution >= 0.6 is 0 Å². The number of carbonyl (C=O) groups is 3. The van der Waals surface area contributed by atoms with Crippen LogP contribution in [0.1, 0.15) is 27.2 Å². The van der Waals surface area contributed by atoms with E-state index in [1.54, 1.807) is 20.8 Å². The molecule has 19 heavy (non-hydrogen) atoms. The molecule has 1 heterocycles. The van der Waals surface area contributed by atoms with E-state index < -0.39 is 23.3 Å². The lowest BCUT2D eigenvalue weighted by molar-refractivity contribution is -0.154. The molecule has 106 valence electrons. The Bertz CT molecular complexity index is 421. The van der Waals surface area contributed by atoms with Gasteiger partial charge >= 0.3 is 5.97 Å². The zero-order valence-electron chi connectivity index (χ0n) is 11.6. The number of esters is 1. The lowest BCUT2D eigenvalue weighted by Crippen LogP contribution is -2.47. The van der Waals surface area contributed by atoms with Crippen LogP contribution in [-0.4, -0.2) is 48.6 Å². The number of amides is 2. The molecule has 1 aliphatic rings. The summed E-state index contributed by atoms with van der Waals surface area (Å²) >= 11 is 0. The highest BCUT2D eigenvalue weighted by Crippen LogP contribution is 2.33. The van der Waals surface area contributed by atoms with Crippen molar-refractivity contribution >= 4 is 24.0 Å². The van der Waals surface area contributed by atoms with Crippen LogP contribution in [0.2, 0.25) is 0 Å². The molecule has 1 aliphatic heterocycles. The summed E-state index contributed by atoms with van der Waals surface area (Å²) in [7, 11) is 1.27. The third kappa shape index (κ3) is 2.74. The van der Waals surface area contributed by atoms with Crippen LogP contribution in [0.3, 0.4) is 0 Å². The number of carbonyl (C=O) groups excluding carboxylic acids is 3. The van der Waals surface area contributed by atoms with Crippen molar-refractivity contribution < 1.29 is 19.1 Å². The average Bonchev–Trinajstić information content (AvgIpc) is 2.72. The molecule has 0 spiro atoms. The number of nitrogens with one attached hydrogen (secondary N) is 1. The topological polar surface area (TPSA) is 88.1 Å². The van der Waals surface area contributed by atoms with Crippen molar-refractivity contribution in [1.82, 2.24) is 10.3 Å². The molecule has 7 heteroatoms. The largest absolute Gasteiger partial charge is 0.467 e. The molecule has 0 saturated carbocycles. The summed E-state index contributed by atoms with van der Waals surface area (Å²) in [5.74, 6) is -1.34. The first-order valence-corrected chi connectivity index (χ1v) is 6.05. The minimum atomic E-state index is -1.19. The quantitative estimate of drug-likeness (QED) is 0.334. The first kappa shape index (κ1) is 15.1. The van der Waals surface area contributed by atoms with Crippen LogP contribution in [0, 0.1) is 5.41 Å². The van der Waals surface area contributed by atoms with Gasteiger partial charge in [0.15, 0.2) is 0 Å². The summed E-state index contributed by atoms with van der Waals surface area (Å²) in [6.07, 6.45) is 1.77. The van der Waals surface area contributed by atoms with Crippen LogP contribution in [-0.2, 0) is 19.1 Å². The molecule has 2 atom stereocenters. The van der Waals surface area contributed by atoms with Crippen LogP contribution < -0.4 is 5.43 Å². The molecule has 0 aromatic carbocycles. The van der Waals surface area contributed by atoms with Gasteiger partial charge in [0.1, 0.15) is 11.5 Å². The van der Waals surface area contributed by atoms with Crippen molar-refractivity contribution in [2.24, 2.45) is 10.5 Å². The maximum atomic E-state index is 12.3. The fraction of sp³-hybridized carbons (Fsp3) is 0.667. The van der Waals surface area contributed by atoms with Crippen molar-refractivity contribution in [3.05, 3.63) is 0 Å². The number of hydrogen-bond acceptors (Lipinski definition) is 5. The Balaban J connectivity index is 2.84. The normalized spacial score (nSPS) is 24.6. The molecule has 0 bridgehead atoms. The molecule has 2 amide bonds. The summed E-state index contributed by atoms with van der Waals surface area (Å²) in [5.41, 5.74) is 1.13. The van der Waals surface area contributed by atoms with E-state index in [0.29, 0.717) is 13.0 Å². The summed E-state index contributed by atoms with van der Waals surface area (Å²) in [5, 5.41) is 3.63. The highest BCUT2D eigenvalue weighted by molar-refractivity contribution is 6.06. The molecular weight excluding hydrogens is 250 g/mol. The summed E-state index contributed by atoms with van der Waals surface area (Å²) in [6, 6.07) is -0.693. The third-order valence-electron chi connectivity index (χ3n) is 3.39. The number of likely N-dealkylation sites (tertiary alicyclic amines) is 1. The molecule has 7 nitrogen and oxygen atoms in total. The minimum absolute atomic E-state index is 0.342. The SMILES string of the molecule is C/C=N/NC(=O)C1(C)CCN([C@H](C)C(=O)OC)C1=O. The van der Waals surface area contributed by atoms with E-state index in [9.17, 15) is 14.4 Å². The second kappa shape index (κ2) is 5.81. The molecular formula is C12H19N3O4. The van der Waals surface area contributed by atoms with Gasteiger partial charge in [-0.25, -0.2) is 10.2 Å². The van der Waals surface area contributed by atoms with Crippen LogP contribution in [0.4, 0.5) is 0 Å². The molecule has 0 radical (unpaired) electrons. The predicted octanol–water partition coefficient (Wildman–Crippen LogP) is -0.0916.